The summed E-state index contributed by atoms with van der Waals surface area (Å²) in [6, 6.07) is 17.4. The number of carbonyl (C=O) groups is 1. The minimum absolute atomic E-state index is 0.0587. The highest BCUT2D eigenvalue weighted by Gasteiger charge is 2.27. The van der Waals surface area contributed by atoms with Gasteiger partial charge in [-0.1, -0.05) is 48.0 Å². The van der Waals surface area contributed by atoms with Gasteiger partial charge in [-0.3, -0.25) is 4.79 Å². The van der Waals surface area contributed by atoms with E-state index in [4.69, 9.17) is 0 Å². The van der Waals surface area contributed by atoms with Crippen LogP contribution in [0.25, 0.3) is 0 Å². The van der Waals surface area contributed by atoms with E-state index in [1.54, 1.807) is 18.2 Å². The zero-order chi connectivity index (χ0) is 22.6. The summed E-state index contributed by atoms with van der Waals surface area (Å²) in [5.41, 5.74) is 4.15. The third-order valence-corrected chi connectivity index (χ3v) is 6.72. The Bertz CT molecular complexity index is 1150. The van der Waals surface area contributed by atoms with E-state index in [0.29, 0.717) is 11.3 Å². The molecule has 162 valence electrons. The van der Waals surface area contributed by atoms with Crippen molar-refractivity contribution >= 4 is 21.6 Å². The molecule has 0 aliphatic carbocycles. The first-order valence-electron chi connectivity index (χ1n) is 9.84. The molecule has 0 fully saturated rings. The Morgan fingerprint density at radius 3 is 2.10 bits per heavy atom. The van der Waals surface area contributed by atoms with Crippen LogP contribution in [0.5, 0.6) is 0 Å². The van der Waals surface area contributed by atoms with Gasteiger partial charge in [0.1, 0.15) is 5.82 Å². The average molecular weight is 441 g/mol. The van der Waals surface area contributed by atoms with Crippen molar-refractivity contribution in [1.29, 1.82) is 0 Å². The van der Waals surface area contributed by atoms with Gasteiger partial charge in [-0.25, -0.2) is 12.8 Å². The summed E-state index contributed by atoms with van der Waals surface area (Å²) in [6.07, 6.45) is 0. The van der Waals surface area contributed by atoms with Crippen molar-refractivity contribution in [3.8, 4) is 0 Å². The van der Waals surface area contributed by atoms with Crippen LogP contribution in [0, 0.1) is 26.6 Å². The van der Waals surface area contributed by atoms with E-state index >= 15 is 0 Å². The van der Waals surface area contributed by atoms with Crippen LogP contribution >= 0.6 is 0 Å². The Morgan fingerprint density at radius 2 is 1.52 bits per heavy atom. The Labute approximate surface area is 182 Å². The standard InChI is InChI=1S/C24H25FN2O3S/c1-17-13-18(2)24(19(3)14-17)26-23(28)16-27(15-20-9-11-21(25)12-10-20)31(29,30)22-7-5-4-6-8-22/h4-14H,15-16H2,1-3H3,(H,26,28). The van der Waals surface area contributed by atoms with Crippen molar-refractivity contribution in [3.05, 3.63) is 94.8 Å². The Kier molecular flexibility index (Phi) is 6.87. The van der Waals surface area contributed by atoms with Gasteiger partial charge in [0, 0.05) is 12.2 Å². The van der Waals surface area contributed by atoms with Crippen molar-refractivity contribution in [3.63, 3.8) is 0 Å². The van der Waals surface area contributed by atoms with Crippen molar-refractivity contribution in [2.75, 3.05) is 11.9 Å². The maximum atomic E-state index is 13.3. The molecule has 31 heavy (non-hydrogen) atoms. The monoisotopic (exact) mass is 440 g/mol. The van der Waals surface area contributed by atoms with Gasteiger partial charge in [-0.15, -0.1) is 0 Å². The van der Waals surface area contributed by atoms with Gasteiger partial charge in [0.25, 0.3) is 0 Å². The van der Waals surface area contributed by atoms with Gasteiger partial charge in [0.15, 0.2) is 0 Å². The fourth-order valence-corrected chi connectivity index (χ4v) is 4.88. The number of halogens is 1. The zero-order valence-corrected chi connectivity index (χ0v) is 18.5. The van der Waals surface area contributed by atoms with Gasteiger partial charge in [0.05, 0.1) is 11.4 Å². The summed E-state index contributed by atoms with van der Waals surface area (Å²) in [5.74, 6) is -0.860. The van der Waals surface area contributed by atoms with E-state index < -0.39 is 21.7 Å². The van der Waals surface area contributed by atoms with Crippen molar-refractivity contribution in [2.45, 2.75) is 32.2 Å². The third-order valence-electron chi connectivity index (χ3n) is 4.91. The fraction of sp³-hybridized carbons (Fsp3) is 0.208. The number of aryl methyl sites for hydroxylation is 3. The van der Waals surface area contributed by atoms with E-state index in [0.717, 1.165) is 21.0 Å². The van der Waals surface area contributed by atoms with E-state index in [-0.39, 0.29) is 18.0 Å². The second-order valence-corrected chi connectivity index (χ2v) is 9.47. The number of benzene rings is 3. The molecule has 0 radical (unpaired) electrons. The molecule has 0 unspecified atom stereocenters. The molecule has 0 saturated heterocycles. The summed E-state index contributed by atoms with van der Waals surface area (Å²) in [4.78, 5) is 12.9. The van der Waals surface area contributed by atoms with Crippen LogP contribution < -0.4 is 5.32 Å². The lowest BCUT2D eigenvalue weighted by atomic mass is 10.1. The molecule has 7 heteroatoms. The molecule has 1 N–H and O–H groups in total. The minimum Gasteiger partial charge on any atom is -0.324 e. The lowest BCUT2D eigenvalue weighted by Crippen LogP contribution is -2.37. The first-order chi connectivity index (χ1) is 14.7. The second-order valence-electron chi connectivity index (χ2n) is 7.53. The van der Waals surface area contributed by atoms with E-state index in [1.807, 2.05) is 32.9 Å². The summed E-state index contributed by atoms with van der Waals surface area (Å²) >= 11 is 0. The summed E-state index contributed by atoms with van der Waals surface area (Å²) in [7, 11) is -3.94. The smallest absolute Gasteiger partial charge is 0.243 e. The Balaban J connectivity index is 1.89. The molecule has 0 atom stereocenters. The molecular weight excluding hydrogens is 415 g/mol. The molecule has 3 rings (SSSR count). The predicted molar refractivity (Wildman–Crippen MR) is 120 cm³/mol. The number of anilines is 1. The molecular formula is C24H25FN2O3S. The molecule has 3 aromatic rings. The molecule has 0 saturated carbocycles. The number of hydrogen-bond acceptors (Lipinski definition) is 3. The first-order valence-corrected chi connectivity index (χ1v) is 11.3. The van der Waals surface area contributed by atoms with Crippen LogP contribution in [0.15, 0.2) is 71.6 Å². The number of amides is 1. The molecule has 0 heterocycles. The molecule has 5 nitrogen and oxygen atoms in total. The summed E-state index contributed by atoms with van der Waals surface area (Å²) < 4.78 is 40.9. The van der Waals surface area contributed by atoms with E-state index in [2.05, 4.69) is 5.32 Å². The van der Waals surface area contributed by atoms with Crippen LogP contribution in [-0.2, 0) is 21.4 Å². The lowest BCUT2D eigenvalue weighted by Gasteiger charge is -2.22. The fourth-order valence-electron chi connectivity index (χ4n) is 3.48. The summed E-state index contributed by atoms with van der Waals surface area (Å²) in [6.45, 7) is 5.33. The minimum atomic E-state index is -3.94. The van der Waals surface area contributed by atoms with E-state index in [9.17, 15) is 17.6 Å². The number of carbonyl (C=O) groups excluding carboxylic acids is 1. The van der Waals surface area contributed by atoms with Crippen LogP contribution in [0.3, 0.4) is 0 Å². The molecule has 0 aromatic heterocycles. The highest BCUT2D eigenvalue weighted by Crippen LogP contribution is 2.23. The number of rotatable bonds is 7. The molecule has 1 amide bonds. The predicted octanol–water partition coefficient (Wildman–Crippen LogP) is 4.58. The van der Waals surface area contributed by atoms with Crippen LogP contribution in [0.4, 0.5) is 10.1 Å². The van der Waals surface area contributed by atoms with Gasteiger partial charge >= 0.3 is 0 Å². The lowest BCUT2D eigenvalue weighted by molar-refractivity contribution is -0.116. The molecule has 0 aliphatic heterocycles. The average Bonchev–Trinajstić information content (AvgIpc) is 2.72. The van der Waals surface area contributed by atoms with Crippen molar-refractivity contribution in [2.24, 2.45) is 0 Å². The largest absolute Gasteiger partial charge is 0.324 e. The quantitative estimate of drug-likeness (QED) is 0.585. The van der Waals surface area contributed by atoms with Gasteiger partial charge in [-0.05, 0) is 61.7 Å². The third kappa shape index (κ3) is 5.57. The number of sulfonamides is 1. The molecule has 3 aromatic carbocycles. The Hall–Kier alpha value is -3.03. The van der Waals surface area contributed by atoms with Gasteiger partial charge < -0.3 is 5.32 Å². The number of hydrogen-bond donors (Lipinski definition) is 1. The highest BCUT2D eigenvalue weighted by atomic mass is 32.2. The topological polar surface area (TPSA) is 66.5 Å². The number of nitrogens with one attached hydrogen (secondary N) is 1. The van der Waals surface area contributed by atoms with Crippen molar-refractivity contribution < 1.29 is 17.6 Å². The van der Waals surface area contributed by atoms with Gasteiger partial charge in [0.2, 0.25) is 15.9 Å². The van der Waals surface area contributed by atoms with Crippen LogP contribution in [0.2, 0.25) is 0 Å². The Morgan fingerprint density at radius 1 is 0.935 bits per heavy atom. The zero-order valence-electron chi connectivity index (χ0n) is 17.7. The van der Waals surface area contributed by atoms with Crippen molar-refractivity contribution in [1.82, 2.24) is 4.31 Å². The maximum Gasteiger partial charge on any atom is 0.243 e. The summed E-state index contributed by atoms with van der Waals surface area (Å²) in [5, 5.41) is 2.85. The van der Waals surface area contributed by atoms with Crippen LogP contribution in [0.1, 0.15) is 22.3 Å². The number of nitrogens with zero attached hydrogens (tertiary/aromatic N) is 1. The second kappa shape index (κ2) is 9.41. The normalized spacial score (nSPS) is 11.5. The van der Waals surface area contributed by atoms with E-state index in [1.165, 1.54) is 36.4 Å². The van der Waals surface area contributed by atoms with Gasteiger partial charge in [-0.2, -0.15) is 4.31 Å². The molecule has 0 bridgehead atoms. The molecule has 0 aliphatic rings. The maximum absolute atomic E-state index is 13.3. The first kappa shape index (κ1) is 22.7. The molecule has 0 spiro atoms. The highest BCUT2D eigenvalue weighted by molar-refractivity contribution is 7.89. The van der Waals surface area contributed by atoms with Crippen LogP contribution in [-0.4, -0.2) is 25.2 Å². The SMILES string of the molecule is Cc1cc(C)c(NC(=O)CN(Cc2ccc(F)cc2)S(=O)(=O)c2ccccc2)c(C)c1.